The second-order valence-electron chi connectivity index (χ2n) is 5.34. The van der Waals surface area contributed by atoms with Crippen LogP contribution in [0.1, 0.15) is 38.7 Å². The van der Waals surface area contributed by atoms with Crippen molar-refractivity contribution in [2.45, 2.75) is 51.4 Å². The molecule has 0 bridgehead atoms. The fourth-order valence-electron chi connectivity index (χ4n) is 2.64. The zero-order chi connectivity index (χ0) is 14.9. The molecule has 1 N–H and O–H groups in total. The van der Waals surface area contributed by atoms with Gasteiger partial charge in [0.05, 0.1) is 11.3 Å². The summed E-state index contributed by atoms with van der Waals surface area (Å²) in [6, 6.07) is 4.44. The number of hydrogen-bond acceptors (Lipinski definition) is 2. The molecule has 6 heteroatoms. The van der Waals surface area contributed by atoms with Gasteiger partial charge in [-0.3, -0.25) is 0 Å². The van der Waals surface area contributed by atoms with E-state index in [0.717, 1.165) is 25.3 Å². The summed E-state index contributed by atoms with van der Waals surface area (Å²) < 4.78 is 39.8. The molecule has 1 aliphatic rings. The molecule has 0 aromatic heterocycles. The summed E-state index contributed by atoms with van der Waals surface area (Å²) in [6.07, 6.45) is -1.25. The highest BCUT2D eigenvalue weighted by atomic mass is 79.9. The summed E-state index contributed by atoms with van der Waals surface area (Å²) in [5.74, 6) is 0. The quantitative estimate of drug-likeness (QED) is 0.801. The Labute approximate surface area is 125 Å². The van der Waals surface area contributed by atoms with Crippen molar-refractivity contribution in [2.75, 3.05) is 5.43 Å². The van der Waals surface area contributed by atoms with Crippen LogP contribution in [0.15, 0.2) is 22.7 Å². The van der Waals surface area contributed by atoms with Gasteiger partial charge in [0.1, 0.15) is 0 Å². The van der Waals surface area contributed by atoms with E-state index < -0.39 is 11.7 Å². The van der Waals surface area contributed by atoms with Crippen LogP contribution in [0.3, 0.4) is 0 Å². The van der Waals surface area contributed by atoms with E-state index in [-0.39, 0.29) is 17.8 Å². The summed E-state index contributed by atoms with van der Waals surface area (Å²) in [5.41, 5.74) is 2.45. The Morgan fingerprint density at radius 2 is 1.80 bits per heavy atom. The molecule has 1 saturated heterocycles. The summed E-state index contributed by atoms with van der Waals surface area (Å²) >= 11 is 3.23. The lowest BCUT2D eigenvalue weighted by Gasteiger charge is -2.40. The molecular weight excluding hydrogens is 333 g/mol. The molecule has 0 saturated carbocycles. The Bertz CT molecular complexity index is 466. The molecule has 0 aliphatic carbocycles. The van der Waals surface area contributed by atoms with Crippen LogP contribution in [-0.2, 0) is 6.18 Å². The molecule has 2 nitrogen and oxygen atoms in total. The Hall–Kier alpha value is -0.750. The third-order valence-corrected chi connectivity index (χ3v) is 4.22. The molecule has 1 heterocycles. The number of nitrogens with one attached hydrogen (secondary N) is 1. The molecule has 2 unspecified atom stereocenters. The number of nitrogens with zero attached hydrogens (tertiary/aromatic N) is 1. The van der Waals surface area contributed by atoms with Crippen molar-refractivity contribution in [3.63, 3.8) is 0 Å². The van der Waals surface area contributed by atoms with Crippen LogP contribution >= 0.6 is 15.9 Å². The van der Waals surface area contributed by atoms with Gasteiger partial charge in [-0.25, -0.2) is 5.01 Å². The van der Waals surface area contributed by atoms with Gasteiger partial charge in [-0.1, -0.05) is 22.4 Å². The molecule has 2 atom stereocenters. The van der Waals surface area contributed by atoms with Crippen LogP contribution in [0, 0.1) is 0 Å². The monoisotopic (exact) mass is 350 g/mol. The average molecular weight is 351 g/mol. The Morgan fingerprint density at radius 1 is 1.20 bits per heavy atom. The van der Waals surface area contributed by atoms with E-state index in [1.807, 2.05) is 18.9 Å². The normalized spacial score (nSPS) is 24.7. The van der Waals surface area contributed by atoms with Gasteiger partial charge >= 0.3 is 6.18 Å². The van der Waals surface area contributed by atoms with E-state index in [4.69, 9.17) is 0 Å². The minimum absolute atomic E-state index is 0.104. The van der Waals surface area contributed by atoms with Crippen LogP contribution in [0.4, 0.5) is 18.9 Å². The summed E-state index contributed by atoms with van der Waals surface area (Å²) in [4.78, 5) is 0. The van der Waals surface area contributed by atoms with Gasteiger partial charge in [-0.05, 0) is 44.9 Å². The minimum atomic E-state index is -4.36. The summed E-state index contributed by atoms with van der Waals surface area (Å²) in [7, 11) is 0. The third-order valence-electron chi connectivity index (χ3n) is 3.73. The number of hydrogen-bond donors (Lipinski definition) is 1. The molecule has 1 fully saturated rings. The predicted octanol–water partition coefficient (Wildman–Crippen LogP) is 5.06. The molecule has 1 aromatic rings. The summed E-state index contributed by atoms with van der Waals surface area (Å²) in [6.45, 7) is 4.07. The molecule has 2 rings (SSSR count). The van der Waals surface area contributed by atoms with Gasteiger partial charge in [0.15, 0.2) is 0 Å². The van der Waals surface area contributed by atoms with E-state index in [9.17, 15) is 13.2 Å². The topological polar surface area (TPSA) is 15.3 Å². The molecule has 1 aliphatic heterocycles. The van der Waals surface area contributed by atoms with Gasteiger partial charge in [-0.2, -0.15) is 13.2 Å². The second-order valence-corrected chi connectivity index (χ2v) is 6.25. The third kappa shape index (κ3) is 3.47. The number of halogens is 4. The first kappa shape index (κ1) is 15.6. The van der Waals surface area contributed by atoms with Crippen molar-refractivity contribution in [3.8, 4) is 0 Å². The Kier molecular flexibility index (Phi) is 4.64. The zero-order valence-electron chi connectivity index (χ0n) is 11.5. The van der Waals surface area contributed by atoms with E-state index in [1.54, 1.807) is 0 Å². The van der Waals surface area contributed by atoms with Crippen LogP contribution in [0.2, 0.25) is 0 Å². The maximum absolute atomic E-state index is 13.1. The highest BCUT2D eigenvalue weighted by Crippen LogP contribution is 2.37. The number of piperidine rings is 1. The molecule has 20 heavy (non-hydrogen) atoms. The lowest BCUT2D eigenvalue weighted by molar-refractivity contribution is -0.137. The number of anilines is 1. The van der Waals surface area contributed by atoms with Crippen LogP contribution in [-0.4, -0.2) is 17.1 Å². The number of benzene rings is 1. The van der Waals surface area contributed by atoms with Crippen molar-refractivity contribution in [2.24, 2.45) is 0 Å². The standard InChI is InChI=1S/C14H18BrF3N2/c1-9-4-3-5-10(2)20(9)19-13-8-11(15)6-7-12(13)14(16,17)18/h6-10,19H,3-5H2,1-2H3. The smallest absolute Gasteiger partial charge is 0.318 e. The molecule has 0 amide bonds. The first-order valence-electron chi connectivity index (χ1n) is 6.71. The second kappa shape index (κ2) is 5.93. The lowest BCUT2D eigenvalue weighted by atomic mass is 10.00. The van der Waals surface area contributed by atoms with Gasteiger partial charge in [-0.15, -0.1) is 0 Å². The first-order chi connectivity index (χ1) is 9.29. The van der Waals surface area contributed by atoms with Gasteiger partial charge in [0.2, 0.25) is 0 Å². The Morgan fingerprint density at radius 3 is 2.35 bits per heavy atom. The fraction of sp³-hybridized carbons (Fsp3) is 0.571. The maximum Gasteiger partial charge on any atom is 0.418 e. The van der Waals surface area contributed by atoms with Crippen molar-refractivity contribution >= 4 is 21.6 Å². The van der Waals surface area contributed by atoms with Gasteiger partial charge < -0.3 is 5.43 Å². The van der Waals surface area contributed by atoms with Gasteiger partial charge in [0.25, 0.3) is 0 Å². The Balaban J connectivity index is 2.30. The maximum atomic E-state index is 13.1. The van der Waals surface area contributed by atoms with E-state index in [2.05, 4.69) is 21.4 Å². The number of hydrazine groups is 1. The SMILES string of the molecule is CC1CCCC(C)N1Nc1cc(Br)ccc1C(F)(F)F. The van der Waals surface area contributed by atoms with Crippen LogP contribution < -0.4 is 5.43 Å². The first-order valence-corrected chi connectivity index (χ1v) is 7.50. The van der Waals surface area contributed by atoms with E-state index >= 15 is 0 Å². The molecule has 0 spiro atoms. The van der Waals surface area contributed by atoms with Gasteiger partial charge in [0, 0.05) is 16.6 Å². The fourth-order valence-corrected chi connectivity index (χ4v) is 3.00. The average Bonchev–Trinajstić information content (AvgIpc) is 2.32. The molecule has 112 valence electrons. The van der Waals surface area contributed by atoms with Crippen molar-refractivity contribution in [1.82, 2.24) is 5.01 Å². The van der Waals surface area contributed by atoms with E-state index in [0.29, 0.717) is 4.47 Å². The van der Waals surface area contributed by atoms with E-state index in [1.165, 1.54) is 12.1 Å². The molecule has 0 radical (unpaired) electrons. The zero-order valence-corrected chi connectivity index (χ0v) is 13.1. The highest BCUT2D eigenvalue weighted by molar-refractivity contribution is 9.10. The van der Waals surface area contributed by atoms with Crippen LogP contribution in [0.5, 0.6) is 0 Å². The number of rotatable bonds is 2. The molecule has 1 aromatic carbocycles. The van der Waals surface area contributed by atoms with Crippen molar-refractivity contribution in [3.05, 3.63) is 28.2 Å². The lowest BCUT2D eigenvalue weighted by Crippen LogP contribution is -2.47. The van der Waals surface area contributed by atoms with Crippen LogP contribution in [0.25, 0.3) is 0 Å². The van der Waals surface area contributed by atoms with Crippen molar-refractivity contribution < 1.29 is 13.2 Å². The predicted molar refractivity (Wildman–Crippen MR) is 77.4 cm³/mol. The van der Waals surface area contributed by atoms with Crippen molar-refractivity contribution in [1.29, 1.82) is 0 Å². The highest BCUT2D eigenvalue weighted by Gasteiger charge is 2.35. The minimum Gasteiger partial charge on any atom is -0.318 e. The molecular formula is C14H18BrF3N2. The number of alkyl halides is 3. The largest absolute Gasteiger partial charge is 0.418 e. The summed E-state index contributed by atoms with van der Waals surface area (Å²) in [5, 5.41) is 1.93.